The van der Waals surface area contributed by atoms with E-state index in [1.54, 1.807) is 19.1 Å². The standard InChI is InChI=1S/C26H24BrClN2O5/c1-15-20(12-11-19(27)23(15)28)29-22(31)14-35-26(34)21(13-16-7-3-2-4-8-16)30-24(32)17-9-5-6-10-18(17)25(30)33/h2-8,11-12,17-18,21H,9-10,13-14H2,1H3,(H,29,31)/t17-,18+,21-/m1/s1. The number of carbonyl (C=O) groups is 4. The Balaban J connectivity index is 1.49. The molecule has 1 N–H and O–H groups in total. The van der Waals surface area contributed by atoms with Gasteiger partial charge < -0.3 is 10.1 Å². The van der Waals surface area contributed by atoms with Crippen molar-refractivity contribution in [3.05, 3.63) is 75.2 Å². The quantitative estimate of drug-likeness (QED) is 0.307. The summed E-state index contributed by atoms with van der Waals surface area (Å²) in [7, 11) is 0. The molecular weight excluding hydrogens is 536 g/mol. The average molecular weight is 560 g/mol. The average Bonchev–Trinajstić information content (AvgIpc) is 3.12. The maximum absolute atomic E-state index is 13.2. The maximum atomic E-state index is 13.2. The van der Waals surface area contributed by atoms with Crippen LogP contribution in [-0.2, 0) is 30.3 Å². The fraction of sp³-hybridized carbons (Fsp3) is 0.308. The first kappa shape index (κ1) is 25.1. The number of amides is 3. The lowest BCUT2D eigenvalue weighted by atomic mass is 9.85. The van der Waals surface area contributed by atoms with E-state index in [0.29, 0.717) is 33.6 Å². The molecule has 3 amide bonds. The van der Waals surface area contributed by atoms with Gasteiger partial charge in [-0.15, -0.1) is 0 Å². The van der Waals surface area contributed by atoms with Crippen molar-refractivity contribution in [1.29, 1.82) is 0 Å². The van der Waals surface area contributed by atoms with Gasteiger partial charge in [-0.05, 0) is 59.0 Å². The van der Waals surface area contributed by atoms with Crippen LogP contribution < -0.4 is 5.32 Å². The van der Waals surface area contributed by atoms with Crippen molar-refractivity contribution in [3.63, 3.8) is 0 Å². The Morgan fingerprint density at radius 1 is 1.09 bits per heavy atom. The fourth-order valence-electron chi connectivity index (χ4n) is 4.46. The number of benzene rings is 2. The largest absolute Gasteiger partial charge is 0.454 e. The van der Waals surface area contributed by atoms with E-state index in [4.69, 9.17) is 16.3 Å². The van der Waals surface area contributed by atoms with Gasteiger partial charge in [0.1, 0.15) is 6.04 Å². The molecule has 0 spiro atoms. The van der Waals surface area contributed by atoms with Gasteiger partial charge in [-0.3, -0.25) is 19.3 Å². The number of likely N-dealkylation sites (tertiary alicyclic amines) is 1. The third-order valence-electron chi connectivity index (χ3n) is 6.36. The van der Waals surface area contributed by atoms with E-state index >= 15 is 0 Å². The number of esters is 1. The number of rotatable bonds is 7. The number of halogens is 2. The normalized spacial score (nSPS) is 19.9. The Labute approximate surface area is 216 Å². The van der Waals surface area contributed by atoms with E-state index in [-0.39, 0.29) is 18.2 Å². The smallest absolute Gasteiger partial charge is 0.330 e. The van der Waals surface area contributed by atoms with Crippen LogP contribution in [-0.4, -0.2) is 41.2 Å². The first-order valence-electron chi connectivity index (χ1n) is 11.2. The molecule has 0 unspecified atom stereocenters. The second kappa shape index (κ2) is 10.7. The minimum absolute atomic E-state index is 0.104. The molecule has 1 fully saturated rings. The fourth-order valence-corrected chi connectivity index (χ4v) is 5.05. The summed E-state index contributed by atoms with van der Waals surface area (Å²) >= 11 is 9.53. The number of allylic oxidation sites excluding steroid dienone is 2. The van der Waals surface area contributed by atoms with Gasteiger partial charge in [-0.1, -0.05) is 54.1 Å². The van der Waals surface area contributed by atoms with E-state index < -0.39 is 36.4 Å². The van der Waals surface area contributed by atoms with Crippen LogP contribution >= 0.6 is 27.5 Å². The number of carbonyl (C=O) groups excluding carboxylic acids is 4. The van der Waals surface area contributed by atoms with Crippen LogP contribution in [0, 0.1) is 18.8 Å². The van der Waals surface area contributed by atoms with Gasteiger partial charge in [0.2, 0.25) is 11.8 Å². The number of fused-ring (bicyclic) bond motifs is 1. The second-order valence-corrected chi connectivity index (χ2v) is 9.83. The Kier molecular flexibility index (Phi) is 7.72. The number of ether oxygens (including phenoxy) is 1. The Bertz CT molecular complexity index is 1170. The molecule has 2 aromatic carbocycles. The van der Waals surface area contributed by atoms with Crippen LogP contribution in [0.25, 0.3) is 0 Å². The van der Waals surface area contributed by atoms with Gasteiger partial charge in [0.15, 0.2) is 6.61 Å². The number of anilines is 1. The molecule has 1 aliphatic carbocycles. The van der Waals surface area contributed by atoms with Crippen LogP contribution in [0.15, 0.2) is 59.1 Å². The van der Waals surface area contributed by atoms with Crippen LogP contribution in [0.5, 0.6) is 0 Å². The maximum Gasteiger partial charge on any atom is 0.330 e. The molecule has 0 radical (unpaired) electrons. The molecular formula is C26H24BrClN2O5. The van der Waals surface area contributed by atoms with Crippen molar-refractivity contribution in [2.75, 3.05) is 11.9 Å². The summed E-state index contributed by atoms with van der Waals surface area (Å²) in [4.78, 5) is 53.0. The zero-order valence-corrected chi connectivity index (χ0v) is 21.3. The highest BCUT2D eigenvalue weighted by molar-refractivity contribution is 9.10. The minimum Gasteiger partial charge on any atom is -0.454 e. The first-order valence-corrected chi connectivity index (χ1v) is 12.4. The lowest BCUT2D eigenvalue weighted by Crippen LogP contribution is -2.48. The van der Waals surface area contributed by atoms with Crippen LogP contribution in [0.2, 0.25) is 5.02 Å². The minimum atomic E-state index is -1.15. The topological polar surface area (TPSA) is 92.8 Å². The van der Waals surface area contributed by atoms with E-state index in [1.807, 2.05) is 42.5 Å². The van der Waals surface area contributed by atoms with Crippen LogP contribution in [0.4, 0.5) is 5.69 Å². The number of nitrogens with zero attached hydrogens (tertiary/aromatic N) is 1. The third kappa shape index (κ3) is 5.33. The van der Waals surface area contributed by atoms with E-state index in [0.717, 1.165) is 10.5 Å². The summed E-state index contributed by atoms with van der Waals surface area (Å²) in [5, 5.41) is 3.14. The third-order valence-corrected chi connectivity index (χ3v) is 7.73. The number of nitrogens with one attached hydrogen (secondary N) is 1. The Hall–Kier alpha value is -2.97. The molecule has 0 bridgehead atoms. The lowest BCUT2D eigenvalue weighted by molar-refractivity contribution is -0.159. The highest BCUT2D eigenvalue weighted by atomic mass is 79.9. The molecule has 9 heteroatoms. The van der Waals surface area contributed by atoms with E-state index in [2.05, 4.69) is 21.2 Å². The molecule has 1 saturated heterocycles. The summed E-state index contributed by atoms with van der Waals surface area (Å²) < 4.78 is 6.01. The first-order chi connectivity index (χ1) is 16.8. The zero-order valence-electron chi connectivity index (χ0n) is 19.0. The molecule has 7 nitrogen and oxygen atoms in total. The van der Waals surface area contributed by atoms with Crippen LogP contribution in [0.3, 0.4) is 0 Å². The molecule has 0 aromatic heterocycles. The summed E-state index contributed by atoms with van der Waals surface area (Å²) in [5.74, 6) is -3.03. The summed E-state index contributed by atoms with van der Waals surface area (Å²) in [6, 6.07) is 11.3. The molecule has 1 aliphatic heterocycles. The summed E-state index contributed by atoms with van der Waals surface area (Å²) in [6.45, 7) is 1.19. The van der Waals surface area contributed by atoms with Crippen molar-refractivity contribution in [2.24, 2.45) is 11.8 Å². The van der Waals surface area contributed by atoms with Gasteiger partial charge in [0, 0.05) is 16.6 Å². The molecule has 4 rings (SSSR count). The van der Waals surface area contributed by atoms with E-state index in [1.165, 1.54) is 0 Å². The summed E-state index contributed by atoms with van der Waals surface area (Å²) in [5.41, 5.74) is 1.92. The van der Waals surface area contributed by atoms with Crippen molar-refractivity contribution in [2.45, 2.75) is 32.2 Å². The monoisotopic (exact) mass is 558 g/mol. The zero-order chi connectivity index (χ0) is 25.1. The molecule has 0 saturated carbocycles. The molecule has 2 aromatic rings. The molecule has 3 atom stereocenters. The molecule has 182 valence electrons. The van der Waals surface area contributed by atoms with Crippen molar-refractivity contribution in [1.82, 2.24) is 4.90 Å². The van der Waals surface area contributed by atoms with Crippen LogP contribution in [0.1, 0.15) is 24.0 Å². The van der Waals surface area contributed by atoms with Crippen molar-refractivity contribution < 1.29 is 23.9 Å². The predicted molar refractivity (Wildman–Crippen MR) is 135 cm³/mol. The Morgan fingerprint density at radius 2 is 1.71 bits per heavy atom. The van der Waals surface area contributed by atoms with Gasteiger partial charge in [-0.25, -0.2) is 4.79 Å². The molecule has 2 aliphatic rings. The molecule has 1 heterocycles. The van der Waals surface area contributed by atoms with Gasteiger partial charge in [0.05, 0.1) is 16.9 Å². The van der Waals surface area contributed by atoms with Crippen molar-refractivity contribution in [3.8, 4) is 0 Å². The van der Waals surface area contributed by atoms with Gasteiger partial charge in [-0.2, -0.15) is 0 Å². The van der Waals surface area contributed by atoms with Gasteiger partial charge >= 0.3 is 5.97 Å². The second-order valence-electron chi connectivity index (χ2n) is 8.60. The Morgan fingerprint density at radius 3 is 2.34 bits per heavy atom. The predicted octanol–water partition coefficient (Wildman–Crippen LogP) is 4.46. The molecule has 35 heavy (non-hydrogen) atoms. The van der Waals surface area contributed by atoms with Gasteiger partial charge in [0.25, 0.3) is 5.91 Å². The number of imide groups is 1. The van der Waals surface area contributed by atoms with Crippen molar-refractivity contribution >= 4 is 56.9 Å². The van der Waals surface area contributed by atoms with E-state index in [9.17, 15) is 19.2 Å². The summed E-state index contributed by atoms with van der Waals surface area (Å²) in [6.07, 6.45) is 4.82. The highest BCUT2D eigenvalue weighted by Gasteiger charge is 2.51. The number of hydrogen-bond donors (Lipinski definition) is 1. The highest BCUT2D eigenvalue weighted by Crippen LogP contribution is 2.37. The number of hydrogen-bond acceptors (Lipinski definition) is 5. The SMILES string of the molecule is Cc1c(NC(=O)COC(=O)[C@@H](Cc2ccccc2)N2C(=O)[C@H]3CC=CC[C@H]3C2=O)ccc(Br)c1Cl. The lowest BCUT2D eigenvalue weighted by Gasteiger charge is -2.25.